The Balaban J connectivity index is 1.81. The third-order valence-electron chi connectivity index (χ3n) is 3.48. The molecular formula is C17H14F3NO. The minimum absolute atomic E-state index is 0.205. The van der Waals surface area contributed by atoms with Crippen molar-refractivity contribution in [1.29, 1.82) is 0 Å². The maximum absolute atomic E-state index is 12.7. The number of aromatic amines is 1. The number of ether oxygens (including phenoxy) is 1. The van der Waals surface area contributed by atoms with Crippen molar-refractivity contribution in [3.05, 3.63) is 65.4 Å². The van der Waals surface area contributed by atoms with Gasteiger partial charge in [-0.3, -0.25) is 0 Å². The zero-order valence-electron chi connectivity index (χ0n) is 11.9. The van der Waals surface area contributed by atoms with Gasteiger partial charge in [0.25, 0.3) is 0 Å². The molecule has 0 aliphatic heterocycles. The molecule has 0 saturated carbocycles. The number of benzene rings is 2. The summed E-state index contributed by atoms with van der Waals surface area (Å²) < 4.78 is 43.5. The van der Waals surface area contributed by atoms with Gasteiger partial charge in [0.15, 0.2) is 0 Å². The number of aromatic nitrogens is 1. The van der Waals surface area contributed by atoms with Crippen molar-refractivity contribution < 1.29 is 17.9 Å². The van der Waals surface area contributed by atoms with E-state index >= 15 is 0 Å². The van der Waals surface area contributed by atoms with Crippen LogP contribution in [0.15, 0.2) is 48.7 Å². The molecule has 1 aromatic heterocycles. The molecule has 5 heteroatoms. The Morgan fingerprint density at radius 1 is 1.09 bits per heavy atom. The van der Waals surface area contributed by atoms with E-state index in [0.29, 0.717) is 0 Å². The first-order valence-electron chi connectivity index (χ1n) is 6.80. The summed E-state index contributed by atoms with van der Waals surface area (Å²) in [5.41, 5.74) is 2.30. The summed E-state index contributed by atoms with van der Waals surface area (Å²) in [6.45, 7) is 2.20. The Bertz CT molecular complexity index is 805. The van der Waals surface area contributed by atoms with E-state index in [9.17, 15) is 13.2 Å². The van der Waals surface area contributed by atoms with Crippen LogP contribution in [-0.4, -0.2) is 4.98 Å². The average molecular weight is 305 g/mol. The average Bonchev–Trinajstić information content (AvgIpc) is 2.87. The molecule has 22 heavy (non-hydrogen) atoms. The number of halogens is 3. The van der Waals surface area contributed by atoms with Crippen LogP contribution >= 0.6 is 0 Å². The van der Waals surface area contributed by atoms with Gasteiger partial charge in [0.1, 0.15) is 12.4 Å². The molecular weight excluding hydrogens is 291 g/mol. The summed E-state index contributed by atoms with van der Waals surface area (Å²) in [5.74, 6) is 0.205. The van der Waals surface area contributed by atoms with E-state index in [1.807, 2.05) is 31.3 Å². The fraction of sp³-hybridized carbons (Fsp3) is 0.176. The molecule has 0 saturated heterocycles. The molecule has 1 N–H and O–H groups in total. The molecule has 0 aliphatic rings. The molecule has 0 unspecified atom stereocenters. The number of rotatable bonds is 3. The van der Waals surface area contributed by atoms with Crippen molar-refractivity contribution in [1.82, 2.24) is 4.98 Å². The summed E-state index contributed by atoms with van der Waals surface area (Å²) in [6.07, 6.45) is -2.55. The Hall–Kier alpha value is -2.43. The van der Waals surface area contributed by atoms with Gasteiger partial charge in [0.2, 0.25) is 0 Å². The van der Waals surface area contributed by atoms with Crippen molar-refractivity contribution in [2.45, 2.75) is 19.7 Å². The second kappa shape index (κ2) is 5.40. The molecule has 2 nitrogen and oxygen atoms in total. The van der Waals surface area contributed by atoms with Gasteiger partial charge in [0, 0.05) is 22.7 Å². The van der Waals surface area contributed by atoms with Gasteiger partial charge in [0.05, 0.1) is 5.56 Å². The summed E-state index contributed by atoms with van der Waals surface area (Å²) >= 11 is 0. The second-order valence-corrected chi connectivity index (χ2v) is 5.18. The molecule has 114 valence electrons. The van der Waals surface area contributed by atoms with Crippen molar-refractivity contribution in [3.63, 3.8) is 0 Å². The number of fused-ring (bicyclic) bond motifs is 1. The van der Waals surface area contributed by atoms with E-state index in [1.165, 1.54) is 12.1 Å². The second-order valence-electron chi connectivity index (χ2n) is 5.18. The molecule has 3 rings (SSSR count). The Morgan fingerprint density at radius 2 is 1.91 bits per heavy atom. The van der Waals surface area contributed by atoms with Crippen molar-refractivity contribution in [2.24, 2.45) is 0 Å². The Morgan fingerprint density at radius 3 is 2.68 bits per heavy atom. The lowest BCUT2D eigenvalue weighted by molar-refractivity contribution is -0.137. The third kappa shape index (κ3) is 2.93. The normalized spacial score (nSPS) is 11.8. The zero-order valence-corrected chi connectivity index (χ0v) is 11.9. The van der Waals surface area contributed by atoms with Gasteiger partial charge >= 0.3 is 6.18 Å². The summed E-state index contributed by atoms with van der Waals surface area (Å²) in [7, 11) is 0. The maximum atomic E-state index is 12.7. The largest absolute Gasteiger partial charge is 0.489 e. The number of nitrogens with one attached hydrogen (secondary N) is 1. The topological polar surface area (TPSA) is 25.0 Å². The Kier molecular flexibility index (Phi) is 3.56. The lowest BCUT2D eigenvalue weighted by Gasteiger charge is -2.10. The molecule has 1 heterocycles. The van der Waals surface area contributed by atoms with Crippen LogP contribution in [-0.2, 0) is 12.8 Å². The first-order valence-corrected chi connectivity index (χ1v) is 6.80. The van der Waals surface area contributed by atoms with Crippen LogP contribution in [0.2, 0.25) is 0 Å². The third-order valence-corrected chi connectivity index (χ3v) is 3.48. The summed E-state index contributed by atoms with van der Waals surface area (Å²) in [5, 5.41) is 1.02. The maximum Gasteiger partial charge on any atom is 0.416 e. The van der Waals surface area contributed by atoms with Crippen LogP contribution in [0.25, 0.3) is 10.9 Å². The summed E-state index contributed by atoms with van der Waals surface area (Å²) in [4.78, 5) is 3.13. The highest BCUT2D eigenvalue weighted by Crippen LogP contribution is 2.31. The number of aryl methyl sites for hydroxylation is 1. The van der Waals surface area contributed by atoms with Crippen LogP contribution in [0, 0.1) is 6.92 Å². The fourth-order valence-corrected chi connectivity index (χ4v) is 2.33. The number of H-pyrrole nitrogens is 1. The van der Waals surface area contributed by atoms with E-state index in [-0.39, 0.29) is 12.4 Å². The van der Waals surface area contributed by atoms with E-state index in [2.05, 4.69) is 4.98 Å². The van der Waals surface area contributed by atoms with Gasteiger partial charge in [-0.2, -0.15) is 13.2 Å². The number of hydrogen-bond acceptors (Lipinski definition) is 1. The van der Waals surface area contributed by atoms with E-state index in [0.717, 1.165) is 34.2 Å². The van der Waals surface area contributed by atoms with Crippen molar-refractivity contribution >= 4 is 10.9 Å². The fourth-order valence-electron chi connectivity index (χ4n) is 2.33. The van der Waals surface area contributed by atoms with E-state index < -0.39 is 11.7 Å². The highest BCUT2D eigenvalue weighted by molar-refractivity contribution is 5.83. The molecule has 2 aromatic carbocycles. The molecule has 0 aliphatic carbocycles. The predicted molar refractivity (Wildman–Crippen MR) is 78.8 cm³/mol. The molecule has 0 spiro atoms. The standard InChI is InChI=1S/C17H14F3NO/c1-11-5-6-16-15(7-11)12(9-21-16)10-22-14-4-2-3-13(8-14)17(18,19)20/h2-9,21H,10H2,1H3. The molecule has 0 atom stereocenters. The van der Waals surface area contributed by atoms with Gasteiger partial charge < -0.3 is 9.72 Å². The van der Waals surface area contributed by atoms with Gasteiger partial charge in [-0.1, -0.05) is 17.7 Å². The molecule has 0 radical (unpaired) electrons. The SMILES string of the molecule is Cc1ccc2[nH]cc(COc3cccc(C(F)(F)F)c3)c2c1. The van der Waals surface area contributed by atoms with E-state index in [4.69, 9.17) is 4.74 Å². The van der Waals surface area contributed by atoms with Crippen LogP contribution in [0.3, 0.4) is 0 Å². The van der Waals surface area contributed by atoms with Crippen LogP contribution in [0.4, 0.5) is 13.2 Å². The quantitative estimate of drug-likeness (QED) is 0.717. The molecule has 0 amide bonds. The Labute approximate surface area is 125 Å². The highest BCUT2D eigenvalue weighted by atomic mass is 19.4. The minimum atomic E-state index is -4.36. The smallest absolute Gasteiger partial charge is 0.416 e. The van der Waals surface area contributed by atoms with Crippen LogP contribution in [0.1, 0.15) is 16.7 Å². The number of hydrogen-bond donors (Lipinski definition) is 1. The first-order chi connectivity index (χ1) is 10.4. The monoisotopic (exact) mass is 305 g/mol. The summed E-state index contributed by atoms with van der Waals surface area (Å²) in [6, 6.07) is 10.9. The minimum Gasteiger partial charge on any atom is -0.489 e. The van der Waals surface area contributed by atoms with Crippen LogP contribution in [0.5, 0.6) is 5.75 Å². The predicted octanol–water partition coefficient (Wildman–Crippen LogP) is 5.07. The number of alkyl halides is 3. The van der Waals surface area contributed by atoms with Crippen molar-refractivity contribution in [3.8, 4) is 5.75 Å². The highest BCUT2D eigenvalue weighted by Gasteiger charge is 2.30. The van der Waals surface area contributed by atoms with Crippen molar-refractivity contribution in [2.75, 3.05) is 0 Å². The first kappa shape index (κ1) is 14.5. The van der Waals surface area contributed by atoms with Crippen LogP contribution < -0.4 is 4.74 Å². The molecule has 0 fully saturated rings. The van der Waals surface area contributed by atoms with Gasteiger partial charge in [-0.15, -0.1) is 0 Å². The van der Waals surface area contributed by atoms with E-state index in [1.54, 1.807) is 0 Å². The molecule has 3 aromatic rings. The molecule has 0 bridgehead atoms. The lowest BCUT2D eigenvalue weighted by Crippen LogP contribution is -2.05. The lowest BCUT2D eigenvalue weighted by atomic mass is 10.1. The van der Waals surface area contributed by atoms with Gasteiger partial charge in [-0.05, 0) is 37.3 Å². The zero-order chi connectivity index (χ0) is 15.7. The van der Waals surface area contributed by atoms with Gasteiger partial charge in [-0.25, -0.2) is 0 Å².